The van der Waals surface area contributed by atoms with Gasteiger partial charge >= 0.3 is 7.12 Å². The number of rotatable bonds is 11. The number of aliphatic hydroxyl groups excluding tert-OH is 1. The van der Waals surface area contributed by atoms with Gasteiger partial charge in [-0.3, -0.25) is 13.8 Å². The number of nitrogens with zero attached hydrogens (tertiary/aromatic N) is 6. The normalized spacial score (nSPS) is 13.0. The summed E-state index contributed by atoms with van der Waals surface area (Å²) in [5, 5.41) is 24.5. The molecule has 3 aromatic rings. The first-order valence-corrected chi connectivity index (χ1v) is 11.2. The summed E-state index contributed by atoms with van der Waals surface area (Å²) >= 11 is 0. The van der Waals surface area contributed by atoms with E-state index in [-0.39, 0.29) is 17.4 Å². The molecule has 0 bridgehead atoms. The Balaban J connectivity index is 2.14. The zero-order valence-electron chi connectivity index (χ0n) is 21.1. The predicted molar refractivity (Wildman–Crippen MR) is 129 cm³/mol. The molecule has 0 unspecified atom stereocenters. The van der Waals surface area contributed by atoms with Crippen molar-refractivity contribution in [2.45, 2.75) is 57.8 Å². The Morgan fingerprint density at radius 1 is 0.818 bits per heavy atom. The molecule has 3 rings (SSSR count). The van der Waals surface area contributed by atoms with Crippen LogP contribution in [0.1, 0.15) is 58.6 Å². The van der Waals surface area contributed by atoms with Gasteiger partial charge < -0.3 is 14.6 Å². The first-order valence-electron chi connectivity index (χ1n) is 11.2. The van der Waals surface area contributed by atoms with E-state index in [2.05, 4.69) is 32.8 Å². The standard InChI is InChI=1S/C23H37BN6O3/c1-21(2,15-31)20-9-12-25-30(20)24(28-13-10-18(26-28)22(3,4)16-32-7)29-14-11-19(27-29)23(5,6)17-33-8/h9-14,31H,15-17H2,1-8H3. The molecule has 33 heavy (non-hydrogen) atoms. The zero-order chi connectivity index (χ0) is 24.4. The summed E-state index contributed by atoms with van der Waals surface area (Å²) in [5.74, 6) is 0. The summed E-state index contributed by atoms with van der Waals surface area (Å²) in [6.45, 7) is 13.5. The van der Waals surface area contributed by atoms with E-state index in [1.807, 2.05) is 58.2 Å². The Bertz CT molecular complexity index is 996. The maximum atomic E-state index is 10.0. The van der Waals surface area contributed by atoms with E-state index in [0.29, 0.717) is 13.2 Å². The molecule has 180 valence electrons. The Hall–Kier alpha value is -2.43. The summed E-state index contributed by atoms with van der Waals surface area (Å²) < 4.78 is 16.4. The van der Waals surface area contributed by atoms with Crippen molar-refractivity contribution in [2.24, 2.45) is 0 Å². The van der Waals surface area contributed by atoms with Crippen molar-refractivity contribution in [3.05, 3.63) is 53.9 Å². The van der Waals surface area contributed by atoms with Gasteiger partial charge in [0.1, 0.15) is 0 Å². The fraction of sp³-hybridized carbons (Fsp3) is 0.609. The van der Waals surface area contributed by atoms with Crippen LogP contribution in [0.2, 0.25) is 0 Å². The number of methoxy groups -OCH3 is 2. The van der Waals surface area contributed by atoms with E-state index in [9.17, 15) is 5.11 Å². The van der Waals surface area contributed by atoms with Crippen LogP contribution in [0.3, 0.4) is 0 Å². The second-order valence-electron chi connectivity index (χ2n) is 10.5. The van der Waals surface area contributed by atoms with Gasteiger partial charge in [0.15, 0.2) is 0 Å². The van der Waals surface area contributed by atoms with E-state index in [1.54, 1.807) is 20.4 Å². The highest BCUT2D eigenvalue weighted by atomic mass is 16.5. The zero-order valence-corrected chi connectivity index (χ0v) is 21.1. The predicted octanol–water partition coefficient (Wildman–Crippen LogP) is 2.32. The van der Waals surface area contributed by atoms with Gasteiger partial charge in [-0.05, 0) is 18.2 Å². The van der Waals surface area contributed by atoms with Crippen molar-refractivity contribution in [3.8, 4) is 0 Å². The third-order valence-corrected chi connectivity index (χ3v) is 6.06. The largest absolute Gasteiger partial charge is 0.569 e. The summed E-state index contributed by atoms with van der Waals surface area (Å²) in [4.78, 5) is 0. The molecule has 1 N–H and O–H groups in total. The third kappa shape index (κ3) is 5.07. The number of hydrogen-bond acceptors (Lipinski definition) is 6. The van der Waals surface area contributed by atoms with E-state index in [1.165, 1.54) is 0 Å². The van der Waals surface area contributed by atoms with Crippen molar-refractivity contribution in [1.82, 2.24) is 29.1 Å². The Labute approximate surface area is 196 Å². The summed E-state index contributed by atoms with van der Waals surface area (Å²) in [6, 6.07) is 5.94. The molecule has 10 heteroatoms. The maximum Gasteiger partial charge on any atom is 0.569 e. The van der Waals surface area contributed by atoms with Crippen LogP contribution in [-0.2, 0) is 25.7 Å². The third-order valence-electron chi connectivity index (χ3n) is 6.06. The monoisotopic (exact) mass is 456 g/mol. The minimum atomic E-state index is -0.495. The smallest absolute Gasteiger partial charge is 0.395 e. The molecule has 0 aliphatic rings. The van der Waals surface area contributed by atoms with Crippen LogP contribution >= 0.6 is 0 Å². The maximum absolute atomic E-state index is 10.0. The summed E-state index contributed by atoms with van der Waals surface area (Å²) in [6.07, 6.45) is 5.63. The summed E-state index contributed by atoms with van der Waals surface area (Å²) in [5.41, 5.74) is 1.71. The Kier molecular flexibility index (Phi) is 7.21. The molecule has 0 saturated heterocycles. The molecule has 0 radical (unpaired) electrons. The van der Waals surface area contributed by atoms with E-state index >= 15 is 0 Å². The lowest BCUT2D eigenvalue weighted by Gasteiger charge is -2.26. The van der Waals surface area contributed by atoms with E-state index in [0.717, 1.165) is 17.1 Å². The average molecular weight is 456 g/mol. The minimum Gasteiger partial charge on any atom is -0.395 e. The molecular formula is C23H37BN6O3. The summed E-state index contributed by atoms with van der Waals surface area (Å²) in [7, 11) is 2.91. The van der Waals surface area contributed by atoms with Crippen molar-refractivity contribution >= 4 is 7.12 Å². The molecule has 0 atom stereocenters. The minimum absolute atomic E-state index is 0.0120. The van der Waals surface area contributed by atoms with Crippen molar-refractivity contribution < 1.29 is 14.6 Å². The second kappa shape index (κ2) is 9.44. The molecule has 0 amide bonds. The van der Waals surface area contributed by atoms with Gasteiger partial charge in [-0.25, -0.2) is 0 Å². The second-order valence-corrected chi connectivity index (χ2v) is 10.5. The van der Waals surface area contributed by atoms with Crippen LogP contribution in [0.15, 0.2) is 36.8 Å². The molecule has 0 aliphatic carbocycles. The van der Waals surface area contributed by atoms with Gasteiger partial charge in [-0.2, -0.15) is 15.3 Å². The highest BCUT2D eigenvalue weighted by molar-refractivity contribution is 6.52. The van der Waals surface area contributed by atoms with Crippen molar-refractivity contribution in [2.75, 3.05) is 34.0 Å². The number of ether oxygens (including phenoxy) is 2. The molecule has 0 aliphatic heterocycles. The van der Waals surface area contributed by atoms with Crippen molar-refractivity contribution in [3.63, 3.8) is 0 Å². The highest BCUT2D eigenvalue weighted by Crippen LogP contribution is 2.26. The topological polar surface area (TPSA) is 92.2 Å². The molecule has 3 aromatic heterocycles. The lowest BCUT2D eigenvalue weighted by atomic mass is 9.86. The highest BCUT2D eigenvalue weighted by Gasteiger charge is 2.36. The van der Waals surface area contributed by atoms with Crippen LogP contribution in [0, 0.1) is 0 Å². The Morgan fingerprint density at radius 3 is 1.73 bits per heavy atom. The van der Waals surface area contributed by atoms with Gasteiger partial charge in [0.25, 0.3) is 0 Å². The van der Waals surface area contributed by atoms with Gasteiger partial charge in [-0.15, -0.1) is 0 Å². The van der Waals surface area contributed by atoms with E-state index in [4.69, 9.17) is 19.7 Å². The van der Waals surface area contributed by atoms with Crippen LogP contribution in [0.5, 0.6) is 0 Å². The first kappa shape index (κ1) is 25.2. The first-order chi connectivity index (χ1) is 15.5. The SMILES string of the molecule is COCC(C)(C)c1ccn(B(n2ccc(C(C)(C)COC)n2)n2nccc2C(C)(C)CO)n1. The molecule has 3 heterocycles. The average Bonchev–Trinajstić information content (AvgIpc) is 3.50. The van der Waals surface area contributed by atoms with Crippen molar-refractivity contribution in [1.29, 1.82) is 0 Å². The molecule has 0 fully saturated rings. The number of aliphatic hydroxyl groups is 1. The molecule has 9 nitrogen and oxygen atoms in total. The lowest BCUT2D eigenvalue weighted by Crippen LogP contribution is -2.46. The lowest BCUT2D eigenvalue weighted by molar-refractivity contribution is 0.144. The van der Waals surface area contributed by atoms with Crippen LogP contribution in [0.4, 0.5) is 0 Å². The fourth-order valence-corrected chi connectivity index (χ4v) is 3.99. The van der Waals surface area contributed by atoms with Gasteiger partial charge in [-0.1, -0.05) is 41.5 Å². The van der Waals surface area contributed by atoms with Gasteiger partial charge in [0.05, 0.1) is 31.2 Å². The number of hydrogen-bond donors (Lipinski definition) is 1. The molecule has 0 aromatic carbocycles. The van der Waals surface area contributed by atoms with Gasteiger partial charge in [0, 0.05) is 54.7 Å². The fourth-order valence-electron chi connectivity index (χ4n) is 3.99. The quantitative estimate of drug-likeness (QED) is 0.446. The number of aromatic nitrogens is 6. The van der Waals surface area contributed by atoms with Crippen LogP contribution < -0.4 is 0 Å². The molecule has 0 spiro atoms. The molecular weight excluding hydrogens is 419 g/mol. The van der Waals surface area contributed by atoms with Crippen LogP contribution in [-0.4, -0.2) is 75.3 Å². The Morgan fingerprint density at radius 2 is 1.30 bits per heavy atom. The van der Waals surface area contributed by atoms with E-state index < -0.39 is 12.5 Å². The van der Waals surface area contributed by atoms with Gasteiger partial charge in [0.2, 0.25) is 0 Å². The van der Waals surface area contributed by atoms with Crippen LogP contribution in [0.25, 0.3) is 0 Å². The molecule has 0 saturated carbocycles.